The van der Waals surface area contributed by atoms with E-state index in [4.69, 9.17) is 9.47 Å². The summed E-state index contributed by atoms with van der Waals surface area (Å²) in [6.07, 6.45) is 0. The first kappa shape index (κ1) is 16.1. The van der Waals surface area contributed by atoms with Crippen molar-refractivity contribution in [1.82, 2.24) is 9.99 Å². The zero-order chi connectivity index (χ0) is 17.1. The van der Waals surface area contributed by atoms with Gasteiger partial charge >= 0.3 is 0 Å². The number of methoxy groups -OCH3 is 2. The summed E-state index contributed by atoms with van der Waals surface area (Å²) in [7, 11) is 5.00. The first-order chi connectivity index (χ1) is 11.6. The molecule has 0 spiro atoms. The van der Waals surface area contributed by atoms with E-state index in [1.165, 1.54) is 18.4 Å². The molecule has 0 aliphatic rings. The number of nitrogens with zero attached hydrogens (tertiary/aromatic N) is 2. The molecule has 0 aliphatic carbocycles. The number of hydrogen-bond acceptors (Lipinski definition) is 5. The van der Waals surface area contributed by atoms with Crippen molar-refractivity contribution in [2.75, 3.05) is 14.2 Å². The van der Waals surface area contributed by atoms with Gasteiger partial charge in [0.1, 0.15) is 0 Å². The monoisotopic (exact) mass is 343 g/mol. The minimum Gasteiger partial charge on any atom is -0.493 e. The van der Waals surface area contributed by atoms with Crippen molar-refractivity contribution in [3.8, 4) is 11.5 Å². The molecule has 0 saturated heterocycles. The van der Waals surface area contributed by atoms with Crippen molar-refractivity contribution in [2.24, 2.45) is 12.1 Å². The number of nitrogens with one attached hydrogen (secondary N) is 1. The van der Waals surface area contributed by atoms with E-state index in [0.717, 1.165) is 10.2 Å². The van der Waals surface area contributed by atoms with Crippen molar-refractivity contribution in [3.05, 3.63) is 52.8 Å². The van der Waals surface area contributed by atoms with E-state index in [-0.39, 0.29) is 5.91 Å². The number of thiazole rings is 1. The lowest BCUT2D eigenvalue weighted by Crippen LogP contribution is -2.23. The van der Waals surface area contributed by atoms with Gasteiger partial charge in [-0.25, -0.2) is 5.43 Å². The van der Waals surface area contributed by atoms with Gasteiger partial charge in [0.2, 0.25) is 4.80 Å². The van der Waals surface area contributed by atoms with Gasteiger partial charge in [-0.15, -0.1) is 5.10 Å². The number of carbonyl (C=O) groups excluding carboxylic acids is 1. The highest BCUT2D eigenvalue weighted by Crippen LogP contribution is 2.27. The number of rotatable bonds is 4. The molecule has 0 radical (unpaired) electrons. The number of benzene rings is 2. The molecule has 7 heteroatoms. The summed E-state index contributed by atoms with van der Waals surface area (Å²) in [5.74, 6) is 0.757. The molecule has 24 heavy (non-hydrogen) atoms. The number of aryl methyl sites for hydroxylation is 1. The lowest BCUT2D eigenvalue weighted by molar-refractivity contribution is 0.0952. The molecule has 0 bridgehead atoms. The van der Waals surface area contributed by atoms with Crippen LogP contribution in [0.5, 0.6) is 11.5 Å². The van der Waals surface area contributed by atoms with Crippen molar-refractivity contribution < 1.29 is 14.3 Å². The molecule has 0 atom stereocenters. The molecule has 0 fully saturated rings. The van der Waals surface area contributed by atoms with Crippen LogP contribution in [-0.2, 0) is 7.05 Å². The Morgan fingerprint density at radius 1 is 1.12 bits per heavy atom. The van der Waals surface area contributed by atoms with Crippen LogP contribution in [0.4, 0.5) is 0 Å². The second kappa shape index (κ2) is 6.76. The van der Waals surface area contributed by atoms with Crippen LogP contribution in [0.2, 0.25) is 0 Å². The smallest absolute Gasteiger partial charge is 0.271 e. The molecule has 6 nitrogen and oxygen atoms in total. The molecule has 1 N–H and O–H groups in total. The second-order valence-electron chi connectivity index (χ2n) is 5.03. The average Bonchev–Trinajstić information content (AvgIpc) is 2.95. The summed E-state index contributed by atoms with van der Waals surface area (Å²) in [6.45, 7) is 0. The van der Waals surface area contributed by atoms with Gasteiger partial charge in [0.25, 0.3) is 5.91 Å². The summed E-state index contributed by atoms with van der Waals surface area (Å²) >= 11 is 1.51. The number of ether oxygens (including phenoxy) is 2. The number of para-hydroxylation sites is 1. The summed E-state index contributed by atoms with van der Waals surface area (Å²) in [6, 6.07) is 13.0. The third-order valence-electron chi connectivity index (χ3n) is 3.61. The van der Waals surface area contributed by atoms with E-state index < -0.39 is 0 Å². The second-order valence-corrected chi connectivity index (χ2v) is 6.04. The number of hydrogen-bond donors (Lipinski definition) is 1. The third kappa shape index (κ3) is 2.98. The first-order valence-corrected chi connectivity index (χ1v) is 8.06. The zero-order valence-electron chi connectivity index (χ0n) is 13.6. The molecule has 1 heterocycles. The van der Waals surface area contributed by atoms with Crippen LogP contribution >= 0.6 is 11.3 Å². The topological polar surface area (TPSA) is 64.8 Å². The number of fused-ring (bicyclic) bond motifs is 1. The van der Waals surface area contributed by atoms with E-state index in [1.54, 1.807) is 25.3 Å². The average molecular weight is 343 g/mol. The SMILES string of the molecule is COc1ccc(C(=O)N/N=c2\sc3ccccc3n2C)cc1OC. The maximum Gasteiger partial charge on any atom is 0.271 e. The van der Waals surface area contributed by atoms with E-state index >= 15 is 0 Å². The van der Waals surface area contributed by atoms with Gasteiger partial charge in [0, 0.05) is 12.6 Å². The summed E-state index contributed by atoms with van der Waals surface area (Å²) in [5.41, 5.74) is 4.10. The maximum atomic E-state index is 12.3. The normalized spacial score (nSPS) is 11.5. The van der Waals surface area contributed by atoms with Gasteiger partial charge in [-0.05, 0) is 30.3 Å². The predicted octanol–water partition coefficient (Wildman–Crippen LogP) is 2.50. The zero-order valence-corrected chi connectivity index (χ0v) is 14.4. The van der Waals surface area contributed by atoms with E-state index in [1.807, 2.05) is 35.9 Å². The Morgan fingerprint density at radius 3 is 2.58 bits per heavy atom. The minimum atomic E-state index is -0.312. The van der Waals surface area contributed by atoms with Gasteiger partial charge in [-0.3, -0.25) is 4.79 Å². The number of aromatic nitrogens is 1. The Morgan fingerprint density at radius 2 is 1.88 bits per heavy atom. The molecular formula is C17H17N3O3S. The highest BCUT2D eigenvalue weighted by molar-refractivity contribution is 7.16. The van der Waals surface area contributed by atoms with E-state index in [0.29, 0.717) is 21.9 Å². The third-order valence-corrected chi connectivity index (χ3v) is 4.73. The Balaban J connectivity index is 1.88. The first-order valence-electron chi connectivity index (χ1n) is 7.24. The Kier molecular flexibility index (Phi) is 4.52. The Bertz CT molecular complexity index is 959. The quantitative estimate of drug-likeness (QED) is 0.740. The highest BCUT2D eigenvalue weighted by atomic mass is 32.1. The molecule has 0 unspecified atom stereocenters. The molecule has 1 amide bonds. The van der Waals surface area contributed by atoms with Gasteiger partial charge in [0.15, 0.2) is 11.5 Å². The molecular weight excluding hydrogens is 326 g/mol. The molecule has 1 aromatic heterocycles. The van der Waals surface area contributed by atoms with Gasteiger partial charge < -0.3 is 14.0 Å². The van der Waals surface area contributed by atoms with Crippen LogP contribution < -0.4 is 19.7 Å². The van der Waals surface area contributed by atoms with E-state index in [9.17, 15) is 4.79 Å². The van der Waals surface area contributed by atoms with Crippen LogP contribution in [0, 0.1) is 0 Å². The minimum absolute atomic E-state index is 0.312. The number of amides is 1. The van der Waals surface area contributed by atoms with Crippen molar-refractivity contribution in [3.63, 3.8) is 0 Å². The lowest BCUT2D eigenvalue weighted by Gasteiger charge is -2.08. The van der Waals surface area contributed by atoms with Crippen LogP contribution in [0.1, 0.15) is 10.4 Å². The fourth-order valence-corrected chi connectivity index (χ4v) is 3.31. The fourth-order valence-electron chi connectivity index (χ4n) is 2.33. The van der Waals surface area contributed by atoms with Gasteiger partial charge in [0.05, 0.1) is 24.4 Å². The largest absolute Gasteiger partial charge is 0.493 e. The molecule has 2 aromatic carbocycles. The van der Waals surface area contributed by atoms with Gasteiger partial charge in [-0.2, -0.15) is 0 Å². The molecule has 3 rings (SSSR count). The van der Waals surface area contributed by atoms with Crippen LogP contribution in [0.15, 0.2) is 47.6 Å². The van der Waals surface area contributed by atoms with Gasteiger partial charge in [-0.1, -0.05) is 23.5 Å². The standard InChI is InChI=1S/C17H17N3O3S/c1-20-12-6-4-5-7-15(12)24-17(20)19-18-16(21)11-8-9-13(22-2)14(10-11)23-3/h4-10H,1-3H3,(H,18,21)/b19-17-. The van der Waals surface area contributed by atoms with E-state index in [2.05, 4.69) is 10.5 Å². The molecule has 0 saturated carbocycles. The van der Waals surface area contributed by atoms with Crippen molar-refractivity contribution in [1.29, 1.82) is 0 Å². The maximum absolute atomic E-state index is 12.3. The summed E-state index contributed by atoms with van der Waals surface area (Å²) in [5, 5.41) is 4.23. The van der Waals surface area contributed by atoms with Crippen molar-refractivity contribution >= 4 is 27.5 Å². The van der Waals surface area contributed by atoms with Crippen LogP contribution in [0.3, 0.4) is 0 Å². The molecule has 0 aliphatic heterocycles. The number of carbonyl (C=O) groups is 1. The lowest BCUT2D eigenvalue weighted by atomic mass is 10.2. The van der Waals surface area contributed by atoms with Crippen molar-refractivity contribution in [2.45, 2.75) is 0 Å². The summed E-state index contributed by atoms with van der Waals surface area (Å²) < 4.78 is 13.4. The molecule has 124 valence electrons. The molecule has 3 aromatic rings. The Labute approximate surface area is 143 Å². The van der Waals surface area contributed by atoms with Crippen LogP contribution in [0.25, 0.3) is 10.2 Å². The predicted molar refractivity (Wildman–Crippen MR) is 93.4 cm³/mol. The Hall–Kier alpha value is -2.80. The summed E-state index contributed by atoms with van der Waals surface area (Å²) in [4.78, 5) is 13.0. The fraction of sp³-hybridized carbons (Fsp3) is 0.176. The highest BCUT2D eigenvalue weighted by Gasteiger charge is 2.10. The van der Waals surface area contributed by atoms with Crippen LogP contribution in [-0.4, -0.2) is 24.7 Å².